The largest absolute Gasteiger partial charge is 0.454 e. The number of nitrogens with one attached hydrogen (secondary N) is 1. The minimum Gasteiger partial charge on any atom is -0.454 e. The standard InChI is InChI=1S/C18H18Cl2N2O5S/c1-28(24,25)22(15-9-12(19)4-6-14(15)20)8-2-3-18(23)21-13-5-7-16-17(10-13)27-11-26-16/h4-7,9-10H,2-3,8,11H2,1H3,(H,21,23). The summed E-state index contributed by atoms with van der Waals surface area (Å²) < 4.78 is 36.0. The van der Waals surface area contributed by atoms with Crippen molar-refractivity contribution in [3.8, 4) is 11.5 Å². The van der Waals surface area contributed by atoms with E-state index in [9.17, 15) is 13.2 Å². The van der Waals surface area contributed by atoms with Gasteiger partial charge in [0.1, 0.15) is 0 Å². The second-order valence-electron chi connectivity index (χ2n) is 6.15. The molecule has 0 spiro atoms. The first-order valence-corrected chi connectivity index (χ1v) is 11.0. The summed E-state index contributed by atoms with van der Waals surface area (Å²) in [5.74, 6) is 0.946. The van der Waals surface area contributed by atoms with E-state index in [1.54, 1.807) is 24.3 Å². The van der Waals surface area contributed by atoms with Gasteiger partial charge in [-0.2, -0.15) is 0 Å². The van der Waals surface area contributed by atoms with Crippen molar-refractivity contribution in [2.45, 2.75) is 12.8 Å². The van der Waals surface area contributed by atoms with Gasteiger partial charge >= 0.3 is 0 Å². The molecule has 0 unspecified atom stereocenters. The Balaban J connectivity index is 1.61. The van der Waals surface area contributed by atoms with Crippen LogP contribution in [0.3, 0.4) is 0 Å². The molecule has 1 N–H and O–H groups in total. The average molecular weight is 445 g/mol. The highest BCUT2D eigenvalue weighted by Gasteiger charge is 2.21. The minimum atomic E-state index is -3.59. The van der Waals surface area contributed by atoms with Crippen molar-refractivity contribution in [2.75, 3.05) is 29.2 Å². The van der Waals surface area contributed by atoms with Crippen LogP contribution in [-0.4, -0.2) is 33.9 Å². The monoisotopic (exact) mass is 444 g/mol. The molecular weight excluding hydrogens is 427 g/mol. The third kappa shape index (κ3) is 5.01. The Bertz CT molecular complexity index is 997. The maximum Gasteiger partial charge on any atom is 0.232 e. The summed E-state index contributed by atoms with van der Waals surface area (Å²) in [5.41, 5.74) is 0.861. The molecule has 0 saturated heterocycles. The number of rotatable bonds is 7. The number of amides is 1. The number of benzene rings is 2. The van der Waals surface area contributed by atoms with Gasteiger partial charge in [0, 0.05) is 29.7 Å². The average Bonchev–Trinajstić information content (AvgIpc) is 3.08. The van der Waals surface area contributed by atoms with Crippen LogP contribution in [0.2, 0.25) is 10.0 Å². The highest BCUT2D eigenvalue weighted by molar-refractivity contribution is 7.92. The molecule has 150 valence electrons. The molecular formula is C18H18Cl2N2O5S. The Hall–Kier alpha value is -2.16. The first kappa shape index (κ1) is 20.6. The van der Waals surface area contributed by atoms with E-state index in [2.05, 4.69) is 5.32 Å². The number of hydrogen-bond acceptors (Lipinski definition) is 5. The molecule has 0 fully saturated rings. The number of carbonyl (C=O) groups excluding carboxylic acids is 1. The molecule has 7 nitrogen and oxygen atoms in total. The van der Waals surface area contributed by atoms with Crippen LogP contribution < -0.4 is 19.1 Å². The van der Waals surface area contributed by atoms with Crippen molar-refractivity contribution in [1.29, 1.82) is 0 Å². The highest BCUT2D eigenvalue weighted by Crippen LogP contribution is 2.34. The molecule has 0 saturated carbocycles. The fourth-order valence-electron chi connectivity index (χ4n) is 2.72. The van der Waals surface area contributed by atoms with E-state index < -0.39 is 10.0 Å². The maximum absolute atomic E-state index is 12.2. The summed E-state index contributed by atoms with van der Waals surface area (Å²) in [6.07, 6.45) is 1.50. The number of hydrogen-bond donors (Lipinski definition) is 1. The Kier molecular flexibility index (Phi) is 6.22. The van der Waals surface area contributed by atoms with Crippen LogP contribution in [0.1, 0.15) is 12.8 Å². The van der Waals surface area contributed by atoms with Gasteiger partial charge in [-0.15, -0.1) is 0 Å². The van der Waals surface area contributed by atoms with Crippen molar-refractivity contribution < 1.29 is 22.7 Å². The topological polar surface area (TPSA) is 84.9 Å². The SMILES string of the molecule is CS(=O)(=O)N(CCCC(=O)Nc1ccc2c(c1)OCO2)c1cc(Cl)ccc1Cl. The fraction of sp³-hybridized carbons (Fsp3) is 0.278. The highest BCUT2D eigenvalue weighted by atomic mass is 35.5. The van der Waals surface area contributed by atoms with Gasteiger partial charge in [-0.1, -0.05) is 23.2 Å². The van der Waals surface area contributed by atoms with Gasteiger partial charge in [-0.05, 0) is 36.8 Å². The zero-order valence-electron chi connectivity index (χ0n) is 14.9. The van der Waals surface area contributed by atoms with Crippen molar-refractivity contribution in [1.82, 2.24) is 0 Å². The smallest absolute Gasteiger partial charge is 0.232 e. The third-order valence-corrected chi connectivity index (χ3v) is 5.73. The number of anilines is 2. The lowest BCUT2D eigenvalue weighted by atomic mass is 10.2. The predicted octanol–water partition coefficient (Wildman–Crippen LogP) is 3.91. The molecule has 1 heterocycles. The van der Waals surface area contributed by atoms with E-state index in [4.69, 9.17) is 32.7 Å². The number of ether oxygens (including phenoxy) is 2. The zero-order valence-corrected chi connectivity index (χ0v) is 17.3. The van der Waals surface area contributed by atoms with Gasteiger partial charge in [-0.3, -0.25) is 9.10 Å². The summed E-state index contributed by atoms with van der Waals surface area (Å²) in [5, 5.41) is 3.39. The summed E-state index contributed by atoms with van der Waals surface area (Å²) in [7, 11) is -3.59. The molecule has 0 atom stereocenters. The van der Waals surface area contributed by atoms with Gasteiger partial charge in [0.15, 0.2) is 11.5 Å². The normalized spacial score (nSPS) is 12.7. The lowest BCUT2D eigenvalue weighted by Gasteiger charge is -2.23. The van der Waals surface area contributed by atoms with E-state index in [0.717, 1.165) is 10.6 Å². The molecule has 28 heavy (non-hydrogen) atoms. The van der Waals surface area contributed by atoms with Crippen LogP contribution in [0.4, 0.5) is 11.4 Å². The van der Waals surface area contributed by atoms with Gasteiger partial charge in [0.05, 0.1) is 17.0 Å². The molecule has 0 radical (unpaired) electrons. The van der Waals surface area contributed by atoms with E-state index in [1.807, 2.05) is 0 Å². The van der Waals surface area contributed by atoms with Crippen LogP contribution in [0, 0.1) is 0 Å². The number of carbonyl (C=O) groups is 1. The molecule has 10 heteroatoms. The van der Waals surface area contributed by atoms with Crippen LogP contribution in [-0.2, 0) is 14.8 Å². The summed E-state index contributed by atoms with van der Waals surface area (Å²) >= 11 is 12.1. The van der Waals surface area contributed by atoms with Crippen molar-refractivity contribution >= 4 is 50.5 Å². The van der Waals surface area contributed by atoms with Crippen molar-refractivity contribution in [2.24, 2.45) is 0 Å². The van der Waals surface area contributed by atoms with Crippen LogP contribution in [0.25, 0.3) is 0 Å². The first-order valence-electron chi connectivity index (χ1n) is 8.36. The van der Waals surface area contributed by atoms with Gasteiger partial charge < -0.3 is 14.8 Å². The second kappa shape index (κ2) is 8.46. The van der Waals surface area contributed by atoms with Gasteiger partial charge in [0.25, 0.3) is 0 Å². The first-order chi connectivity index (χ1) is 13.2. The lowest BCUT2D eigenvalue weighted by molar-refractivity contribution is -0.116. The van der Waals surface area contributed by atoms with E-state index in [1.165, 1.54) is 12.1 Å². The Morgan fingerprint density at radius 1 is 1.14 bits per heavy atom. The van der Waals surface area contributed by atoms with E-state index in [-0.39, 0.29) is 36.4 Å². The zero-order chi connectivity index (χ0) is 20.3. The van der Waals surface area contributed by atoms with Crippen LogP contribution in [0.15, 0.2) is 36.4 Å². The molecule has 0 aromatic heterocycles. The Morgan fingerprint density at radius 2 is 1.89 bits per heavy atom. The molecule has 1 aliphatic heterocycles. The number of fused-ring (bicyclic) bond motifs is 1. The van der Waals surface area contributed by atoms with Crippen LogP contribution >= 0.6 is 23.2 Å². The van der Waals surface area contributed by atoms with E-state index in [0.29, 0.717) is 28.6 Å². The lowest BCUT2D eigenvalue weighted by Crippen LogP contribution is -2.31. The Morgan fingerprint density at radius 3 is 2.64 bits per heavy atom. The van der Waals surface area contributed by atoms with E-state index >= 15 is 0 Å². The minimum absolute atomic E-state index is 0.0907. The number of sulfonamides is 1. The number of halogens is 2. The Labute approximate surface area is 173 Å². The van der Waals surface area contributed by atoms with Crippen molar-refractivity contribution in [3.05, 3.63) is 46.4 Å². The molecule has 0 aliphatic carbocycles. The van der Waals surface area contributed by atoms with Crippen LogP contribution in [0.5, 0.6) is 11.5 Å². The number of nitrogens with zero attached hydrogens (tertiary/aromatic N) is 1. The predicted molar refractivity (Wildman–Crippen MR) is 109 cm³/mol. The molecule has 3 rings (SSSR count). The fourth-order valence-corrected chi connectivity index (χ4v) is 4.13. The summed E-state index contributed by atoms with van der Waals surface area (Å²) in [4.78, 5) is 12.2. The summed E-state index contributed by atoms with van der Waals surface area (Å²) in [6, 6.07) is 9.69. The van der Waals surface area contributed by atoms with Gasteiger partial charge in [0.2, 0.25) is 22.7 Å². The molecule has 0 bridgehead atoms. The molecule has 1 amide bonds. The molecule has 2 aromatic rings. The second-order valence-corrected chi connectivity index (χ2v) is 8.90. The molecule has 2 aromatic carbocycles. The van der Waals surface area contributed by atoms with Crippen molar-refractivity contribution in [3.63, 3.8) is 0 Å². The third-order valence-electron chi connectivity index (χ3n) is 4.00. The maximum atomic E-state index is 12.2. The molecule has 1 aliphatic rings. The summed E-state index contributed by atoms with van der Waals surface area (Å²) in [6.45, 7) is 0.244. The van der Waals surface area contributed by atoms with Gasteiger partial charge in [-0.25, -0.2) is 8.42 Å². The quantitative estimate of drug-likeness (QED) is 0.699.